The van der Waals surface area contributed by atoms with E-state index in [1.807, 2.05) is 36.6 Å². The molecule has 3 heteroatoms. The second-order valence-electron chi connectivity index (χ2n) is 3.56. The lowest BCUT2D eigenvalue weighted by molar-refractivity contribution is -0.115. The van der Waals surface area contributed by atoms with Crippen LogP contribution in [0.1, 0.15) is 25.5 Å². The molecule has 0 radical (unpaired) electrons. The third-order valence-electron chi connectivity index (χ3n) is 2.72. The first-order chi connectivity index (χ1) is 7.74. The molecular weight excluding hydrogens is 218 g/mol. The van der Waals surface area contributed by atoms with Gasteiger partial charge in [-0.25, -0.2) is 0 Å². The molecule has 0 bridgehead atoms. The van der Waals surface area contributed by atoms with Gasteiger partial charge in [-0.05, 0) is 24.9 Å². The second-order valence-corrected chi connectivity index (χ2v) is 4.37. The van der Waals surface area contributed by atoms with Crippen LogP contribution in [-0.2, 0) is 4.79 Å². The zero-order chi connectivity index (χ0) is 12.0. The predicted octanol–water partition coefficient (Wildman–Crippen LogP) is 2.96. The molecule has 0 unspecified atom stereocenters. The van der Waals surface area contributed by atoms with Crippen LogP contribution in [0.4, 0.5) is 0 Å². The molecule has 0 aliphatic carbocycles. The number of nitrogens with zero attached hydrogens (tertiary/aromatic N) is 1. The molecule has 1 atom stereocenters. The van der Waals surface area contributed by atoms with Crippen molar-refractivity contribution >= 4 is 16.9 Å². The van der Waals surface area contributed by atoms with Crippen LogP contribution < -0.4 is 0 Å². The van der Waals surface area contributed by atoms with Gasteiger partial charge in [-0.2, -0.15) is 0 Å². The van der Waals surface area contributed by atoms with Crippen molar-refractivity contribution in [2.45, 2.75) is 19.9 Å². The monoisotopic (exact) mass is 237 g/mol. The van der Waals surface area contributed by atoms with Gasteiger partial charge in [0.05, 0.1) is 0 Å². The van der Waals surface area contributed by atoms with Gasteiger partial charge >= 0.3 is 0 Å². The molecule has 0 saturated carbocycles. The van der Waals surface area contributed by atoms with E-state index in [4.69, 9.17) is 0 Å². The first kappa shape index (κ1) is 13.3. The highest BCUT2D eigenvalue weighted by Crippen LogP contribution is 2.25. The average Bonchev–Trinajstić information content (AvgIpc) is 2.36. The first-order valence-corrected chi connectivity index (χ1v) is 6.83. The Balaban J connectivity index is 3.00. The quantitative estimate of drug-likeness (QED) is 0.785. The molecule has 0 saturated heterocycles. The predicted molar refractivity (Wildman–Crippen MR) is 70.6 cm³/mol. The third-order valence-corrected chi connectivity index (χ3v) is 3.34. The Morgan fingerprint density at radius 3 is 2.25 bits per heavy atom. The zero-order valence-electron chi connectivity index (χ0n) is 10.1. The van der Waals surface area contributed by atoms with Crippen LogP contribution in [0.25, 0.3) is 0 Å². The van der Waals surface area contributed by atoms with Crippen LogP contribution in [0.15, 0.2) is 30.3 Å². The molecule has 0 aromatic heterocycles. The summed E-state index contributed by atoms with van der Waals surface area (Å²) in [4.78, 5) is 14.2. The van der Waals surface area contributed by atoms with Crippen LogP contribution in [-0.4, -0.2) is 29.4 Å². The number of carbonyl (C=O) groups is 1. The molecule has 0 N–H and O–H groups in total. The molecule has 0 aliphatic heterocycles. The lowest BCUT2D eigenvalue weighted by Gasteiger charge is -2.28. The molecule has 0 spiro atoms. The van der Waals surface area contributed by atoms with Crippen molar-refractivity contribution in [3.05, 3.63) is 35.9 Å². The molecular formula is C13H19NOS. The smallest absolute Gasteiger partial charge is 0.210 e. The summed E-state index contributed by atoms with van der Waals surface area (Å²) < 4.78 is 0. The summed E-state index contributed by atoms with van der Waals surface area (Å²) in [7, 11) is 0. The zero-order valence-corrected chi connectivity index (χ0v) is 11.0. The van der Waals surface area contributed by atoms with Crippen LogP contribution in [0.5, 0.6) is 0 Å². The van der Waals surface area contributed by atoms with E-state index in [1.54, 1.807) is 0 Å². The molecule has 16 heavy (non-hydrogen) atoms. The lowest BCUT2D eigenvalue weighted by Crippen LogP contribution is -2.32. The number of likely N-dealkylation sites (N-methyl/N-ethyl adjacent to an activating group) is 1. The molecule has 0 aliphatic rings. The number of hydrogen-bond acceptors (Lipinski definition) is 3. The molecule has 1 rings (SSSR count). The van der Waals surface area contributed by atoms with Crippen LogP contribution in [0, 0.1) is 0 Å². The number of hydrogen-bond donors (Lipinski definition) is 0. The average molecular weight is 237 g/mol. The SMILES string of the molecule is CCN(CC)[C@@H](C(=O)SC)c1ccccc1. The summed E-state index contributed by atoms with van der Waals surface area (Å²) in [6.45, 7) is 5.96. The van der Waals surface area contributed by atoms with Crippen molar-refractivity contribution in [1.82, 2.24) is 4.90 Å². The Morgan fingerprint density at radius 2 is 1.81 bits per heavy atom. The van der Waals surface area contributed by atoms with E-state index in [-0.39, 0.29) is 11.2 Å². The highest BCUT2D eigenvalue weighted by molar-refractivity contribution is 8.13. The van der Waals surface area contributed by atoms with Gasteiger partial charge in [-0.3, -0.25) is 9.69 Å². The largest absolute Gasteiger partial charge is 0.290 e. The van der Waals surface area contributed by atoms with Gasteiger partial charge in [0, 0.05) is 0 Å². The van der Waals surface area contributed by atoms with Gasteiger partial charge in [0.15, 0.2) is 0 Å². The van der Waals surface area contributed by atoms with Crippen molar-refractivity contribution in [1.29, 1.82) is 0 Å². The minimum Gasteiger partial charge on any atom is -0.290 e. The number of benzene rings is 1. The fourth-order valence-corrected chi connectivity index (χ4v) is 2.34. The summed E-state index contributed by atoms with van der Waals surface area (Å²) in [6, 6.07) is 9.89. The summed E-state index contributed by atoms with van der Waals surface area (Å²) in [5.74, 6) is 0. The van der Waals surface area contributed by atoms with Crippen LogP contribution in [0.2, 0.25) is 0 Å². The van der Waals surface area contributed by atoms with E-state index >= 15 is 0 Å². The van der Waals surface area contributed by atoms with Gasteiger partial charge in [0.1, 0.15) is 6.04 Å². The van der Waals surface area contributed by atoms with Crippen LogP contribution >= 0.6 is 11.8 Å². The van der Waals surface area contributed by atoms with Crippen molar-refractivity contribution in [2.24, 2.45) is 0 Å². The second kappa shape index (κ2) is 6.71. The Bertz CT molecular complexity index is 322. The Morgan fingerprint density at radius 1 is 1.25 bits per heavy atom. The molecule has 0 heterocycles. The van der Waals surface area contributed by atoms with E-state index < -0.39 is 0 Å². The number of carbonyl (C=O) groups excluding carboxylic acids is 1. The van der Waals surface area contributed by atoms with Crippen molar-refractivity contribution in [3.8, 4) is 0 Å². The molecule has 1 aromatic carbocycles. The Kier molecular flexibility index (Phi) is 5.56. The fraction of sp³-hybridized carbons (Fsp3) is 0.462. The van der Waals surface area contributed by atoms with Gasteiger partial charge in [-0.15, -0.1) is 0 Å². The third kappa shape index (κ3) is 3.09. The molecule has 2 nitrogen and oxygen atoms in total. The van der Waals surface area contributed by atoms with E-state index in [1.165, 1.54) is 11.8 Å². The Hall–Kier alpha value is -0.800. The van der Waals surface area contributed by atoms with E-state index in [9.17, 15) is 4.79 Å². The van der Waals surface area contributed by atoms with E-state index in [2.05, 4.69) is 18.7 Å². The highest BCUT2D eigenvalue weighted by atomic mass is 32.2. The summed E-state index contributed by atoms with van der Waals surface area (Å²) in [6.07, 6.45) is 1.85. The highest BCUT2D eigenvalue weighted by Gasteiger charge is 2.24. The summed E-state index contributed by atoms with van der Waals surface area (Å²) >= 11 is 1.31. The van der Waals surface area contributed by atoms with Crippen molar-refractivity contribution in [3.63, 3.8) is 0 Å². The number of rotatable bonds is 5. The first-order valence-electron chi connectivity index (χ1n) is 5.61. The normalized spacial score (nSPS) is 12.8. The van der Waals surface area contributed by atoms with Crippen LogP contribution in [0.3, 0.4) is 0 Å². The van der Waals surface area contributed by atoms with Gasteiger partial charge < -0.3 is 0 Å². The molecule has 0 amide bonds. The van der Waals surface area contributed by atoms with Crippen molar-refractivity contribution in [2.75, 3.05) is 19.3 Å². The summed E-state index contributed by atoms with van der Waals surface area (Å²) in [5, 5.41) is 0.218. The molecule has 1 aromatic rings. The van der Waals surface area contributed by atoms with E-state index in [0.717, 1.165) is 18.7 Å². The standard InChI is InChI=1S/C13H19NOS/c1-4-14(5-2)12(13(15)16-3)11-9-7-6-8-10-11/h6-10,12H,4-5H2,1-3H3/t12-/m1/s1. The maximum absolute atomic E-state index is 12.0. The minimum absolute atomic E-state index is 0.105. The molecule has 88 valence electrons. The topological polar surface area (TPSA) is 20.3 Å². The van der Waals surface area contributed by atoms with Gasteiger partial charge in [0.25, 0.3) is 0 Å². The maximum atomic E-state index is 12.0. The minimum atomic E-state index is -0.105. The Labute approximate surface area is 102 Å². The fourth-order valence-electron chi connectivity index (χ4n) is 1.83. The lowest BCUT2D eigenvalue weighted by atomic mass is 10.1. The molecule has 0 fully saturated rings. The van der Waals surface area contributed by atoms with Gasteiger partial charge in [-0.1, -0.05) is 55.9 Å². The number of thioether (sulfide) groups is 1. The maximum Gasteiger partial charge on any atom is 0.210 e. The van der Waals surface area contributed by atoms with E-state index in [0.29, 0.717) is 0 Å². The van der Waals surface area contributed by atoms with Crippen molar-refractivity contribution < 1.29 is 4.79 Å². The summed E-state index contributed by atoms with van der Waals surface area (Å²) in [5.41, 5.74) is 1.09. The van der Waals surface area contributed by atoms with Gasteiger partial charge in [0.2, 0.25) is 5.12 Å².